The molecule has 1 spiro atoms. The predicted molar refractivity (Wildman–Crippen MR) is 89.9 cm³/mol. The van der Waals surface area contributed by atoms with E-state index in [4.69, 9.17) is 0 Å². The highest BCUT2D eigenvalue weighted by atomic mass is 19.4. The van der Waals surface area contributed by atoms with Gasteiger partial charge in [-0.15, -0.1) is 0 Å². The van der Waals surface area contributed by atoms with Crippen molar-refractivity contribution in [1.82, 2.24) is 20.4 Å². The molecule has 1 atom stereocenters. The number of halogens is 3. The molecule has 1 aromatic carbocycles. The Bertz CT molecular complexity index is 910. The molecule has 2 amide bonds. The molecule has 1 aromatic heterocycles. The van der Waals surface area contributed by atoms with Gasteiger partial charge in [-0.2, -0.15) is 18.2 Å². The van der Waals surface area contributed by atoms with Crippen LogP contribution in [0.5, 0.6) is 0 Å². The molecule has 0 bridgehead atoms. The molecule has 0 radical (unpaired) electrons. The summed E-state index contributed by atoms with van der Waals surface area (Å²) < 4.78 is 41.9. The summed E-state index contributed by atoms with van der Waals surface area (Å²) in [5.41, 5.74) is 0.526. The van der Waals surface area contributed by atoms with Gasteiger partial charge in [0.2, 0.25) is 11.7 Å². The second-order valence-corrected chi connectivity index (χ2v) is 7.28. The minimum Gasteiger partial charge on any atom is -0.355 e. The van der Waals surface area contributed by atoms with Gasteiger partial charge in [-0.05, 0) is 25.0 Å². The number of alkyl halides is 3. The topological polar surface area (TPSA) is 88.3 Å². The molecule has 0 saturated carbocycles. The molecule has 2 fully saturated rings. The highest BCUT2D eigenvalue weighted by Gasteiger charge is 2.43. The molecule has 2 saturated heterocycles. The monoisotopic (exact) mass is 394 g/mol. The smallest absolute Gasteiger partial charge is 0.355 e. The van der Waals surface area contributed by atoms with E-state index in [2.05, 4.69) is 20.0 Å². The van der Waals surface area contributed by atoms with Crippen molar-refractivity contribution in [2.24, 2.45) is 5.41 Å². The van der Waals surface area contributed by atoms with Crippen molar-refractivity contribution in [3.05, 3.63) is 35.7 Å². The second-order valence-electron chi connectivity index (χ2n) is 7.28. The van der Waals surface area contributed by atoms with Crippen LogP contribution in [-0.4, -0.2) is 46.5 Å². The van der Waals surface area contributed by atoms with Crippen molar-refractivity contribution >= 4 is 11.8 Å². The van der Waals surface area contributed by atoms with Gasteiger partial charge in [-0.3, -0.25) is 9.59 Å². The SMILES string of the molecule is O=C1C[C@]2(CCCN(C(=O)c3ccc(-c4noc(C(F)(F)F)n4)cc3)C2)CN1. The Balaban J connectivity index is 1.48. The summed E-state index contributed by atoms with van der Waals surface area (Å²) in [7, 11) is 0. The van der Waals surface area contributed by atoms with Gasteiger partial charge in [0.15, 0.2) is 0 Å². The zero-order valence-electron chi connectivity index (χ0n) is 14.8. The maximum Gasteiger partial charge on any atom is 0.471 e. The summed E-state index contributed by atoms with van der Waals surface area (Å²) in [6.45, 7) is 1.69. The predicted octanol–water partition coefficient (Wildman–Crippen LogP) is 2.50. The molecule has 28 heavy (non-hydrogen) atoms. The van der Waals surface area contributed by atoms with Crippen molar-refractivity contribution in [2.45, 2.75) is 25.4 Å². The van der Waals surface area contributed by atoms with Crippen LogP contribution in [0.4, 0.5) is 13.2 Å². The molecule has 1 N–H and O–H groups in total. The third kappa shape index (κ3) is 3.46. The third-order valence-corrected chi connectivity index (χ3v) is 5.20. The lowest BCUT2D eigenvalue weighted by Gasteiger charge is -2.39. The van der Waals surface area contributed by atoms with Crippen LogP contribution in [-0.2, 0) is 11.0 Å². The number of carbonyl (C=O) groups excluding carboxylic acids is 2. The summed E-state index contributed by atoms with van der Waals surface area (Å²) in [5.74, 6) is -1.77. The van der Waals surface area contributed by atoms with E-state index in [0.29, 0.717) is 37.2 Å². The number of amides is 2. The van der Waals surface area contributed by atoms with Gasteiger partial charge < -0.3 is 14.7 Å². The lowest BCUT2D eigenvalue weighted by molar-refractivity contribution is -0.159. The van der Waals surface area contributed by atoms with Crippen LogP contribution >= 0.6 is 0 Å². The largest absolute Gasteiger partial charge is 0.471 e. The van der Waals surface area contributed by atoms with E-state index >= 15 is 0 Å². The van der Waals surface area contributed by atoms with Crippen LogP contribution < -0.4 is 5.32 Å². The van der Waals surface area contributed by atoms with Crippen molar-refractivity contribution < 1.29 is 27.3 Å². The molecule has 0 unspecified atom stereocenters. The standard InChI is InChI=1S/C18H17F3N4O3/c19-18(20,21)16-23-14(24-28-16)11-2-4-12(5-3-11)15(27)25-7-1-6-17(10-25)8-13(26)22-9-17/h2-5H,1,6-10H2,(H,22,26)/t17-/m1/s1. The average molecular weight is 394 g/mol. The molecular weight excluding hydrogens is 377 g/mol. The fourth-order valence-corrected chi connectivity index (χ4v) is 3.82. The first-order chi connectivity index (χ1) is 13.3. The van der Waals surface area contributed by atoms with Gasteiger partial charge in [0.25, 0.3) is 5.91 Å². The van der Waals surface area contributed by atoms with E-state index in [9.17, 15) is 22.8 Å². The quantitative estimate of drug-likeness (QED) is 0.846. The lowest BCUT2D eigenvalue weighted by atomic mass is 9.79. The number of aromatic nitrogens is 2. The number of nitrogens with zero attached hydrogens (tertiary/aromatic N) is 3. The molecule has 148 valence electrons. The average Bonchev–Trinajstić information content (AvgIpc) is 3.29. The molecular formula is C18H17F3N4O3. The fourth-order valence-electron chi connectivity index (χ4n) is 3.82. The Hall–Kier alpha value is -2.91. The highest BCUT2D eigenvalue weighted by molar-refractivity contribution is 5.94. The van der Waals surface area contributed by atoms with E-state index in [-0.39, 0.29) is 23.1 Å². The van der Waals surface area contributed by atoms with E-state index < -0.39 is 12.1 Å². The van der Waals surface area contributed by atoms with Crippen molar-refractivity contribution in [3.8, 4) is 11.4 Å². The Labute approximate surface area is 157 Å². The maximum atomic E-state index is 12.8. The number of benzene rings is 1. The molecule has 2 aliphatic rings. The zero-order valence-corrected chi connectivity index (χ0v) is 14.8. The van der Waals surface area contributed by atoms with Crippen molar-refractivity contribution in [1.29, 1.82) is 0 Å². The van der Waals surface area contributed by atoms with Gasteiger partial charge in [0.1, 0.15) is 0 Å². The number of hydrogen-bond donors (Lipinski definition) is 1. The Morgan fingerprint density at radius 3 is 2.61 bits per heavy atom. The van der Waals surface area contributed by atoms with Crippen LogP contribution in [0.2, 0.25) is 0 Å². The second kappa shape index (κ2) is 6.61. The first-order valence-corrected chi connectivity index (χ1v) is 8.83. The minimum absolute atomic E-state index is 0.0111. The number of likely N-dealkylation sites (tertiary alicyclic amines) is 1. The van der Waals surface area contributed by atoms with Gasteiger partial charge in [0, 0.05) is 42.6 Å². The summed E-state index contributed by atoms with van der Waals surface area (Å²) in [5, 5.41) is 6.17. The van der Waals surface area contributed by atoms with Crippen LogP contribution in [0.15, 0.2) is 28.8 Å². The van der Waals surface area contributed by atoms with Gasteiger partial charge in [-0.25, -0.2) is 0 Å². The van der Waals surface area contributed by atoms with Gasteiger partial charge >= 0.3 is 12.1 Å². The molecule has 2 aliphatic heterocycles. The summed E-state index contributed by atoms with van der Waals surface area (Å²) in [6.07, 6.45) is -2.56. The molecule has 0 aliphatic carbocycles. The van der Waals surface area contributed by atoms with Crippen molar-refractivity contribution in [2.75, 3.05) is 19.6 Å². The summed E-state index contributed by atoms with van der Waals surface area (Å²) in [4.78, 5) is 29.5. The highest BCUT2D eigenvalue weighted by Crippen LogP contribution is 2.36. The molecule has 3 heterocycles. The number of piperidine rings is 1. The minimum atomic E-state index is -4.71. The van der Waals surface area contributed by atoms with Gasteiger partial charge in [-0.1, -0.05) is 17.3 Å². The first kappa shape index (κ1) is 18.5. The van der Waals surface area contributed by atoms with Gasteiger partial charge in [0.05, 0.1) is 0 Å². The van der Waals surface area contributed by atoms with E-state index in [1.54, 1.807) is 4.90 Å². The number of carbonyl (C=O) groups is 2. The van der Waals surface area contributed by atoms with Crippen LogP contribution in [0.1, 0.15) is 35.5 Å². The van der Waals surface area contributed by atoms with E-state index in [0.717, 1.165) is 12.8 Å². The summed E-state index contributed by atoms with van der Waals surface area (Å²) in [6, 6.07) is 6.03. The van der Waals surface area contributed by atoms with Crippen LogP contribution in [0.25, 0.3) is 11.4 Å². The number of rotatable bonds is 2. The normalized spacial score (nSPS) is 22.5. The maximum absolute atomic E-state index is 12.8. The number of nitrogens with one attached hydrogen (secondary N) is 1. The van der Waals surface area contributed by atoms with E-state index in [1.165, 1.54) is 24.3 Å². The zero-order chi connectivity index (χ0) is 19.9. The van der Waals surface area contributed by atoms with Crippen molar-refractivity contribution in [3.63, 3.8) is 0 Å². The molecule has 4 rings (SSSR count). The molecule has 10 heteroatoms. The van der Waals surface area contributed by atoms with E-state index in [1.807, 2.05) is 0 Å². The first-order valence-electron chi connectivity index (χ1n) is 8.83. The third-order valence-electron chi connectivity index (χ3n) is 5.20. The van der Waals surface area contributed by atoms with Crippen LogP contribution in [0.3, 0.4) is 0 Å². The molecule has 7 nitrogen and oxygen atoms in total. The Morgan fingerprint density at radius 2 is 2.00 bits per heavy atom. The molecule has 2 aromatic rings. The summed E-state index contributed by atoms with van der Waals surface area (Å²) >= 11 is 0. The lowest BCUT2D eigenvalue weighted by Crippen LogP contribution is -2.47. The fraction of sp³-hybridized carbons (Fsp3) is 0.444. The Kier molecular flexibility index (Phi) is 4.35. The van der Waals surface area contributed by atoms with Crippen LogP contribution in [0, 0.1) is 5.41 Å². The number of hydrogen-bond acceptors (Lipinski definition) is 5. The Morgan fingerprint density at radius 1 is 1.25 bits per heavy atom.